The van der Waals surface area contributed by atoms with E-state index < -0.39 is 0 Å². The van der Waals surface area contributed by atoms with Crippen LogP contribution in [0.25, 0.3) is 0 Å². The third-order valence-electron chi connectivity index (χ3n) is 5.98. The first kappa shape index (κ1) is 21.7. The Morgan fingerprint density at radius 2 is 1.59 bits per heavy atom. The van der Waals surface area contributed by atoms with E-state index in [9.17, 15) is 4.79 Å². The first-order valence-electron chi connectivity index (χ1n) is 10.8. The van der Waals surface area contributed by atoms with E-state index in [1.807, 2.05) is 0 Å². The minimum Gasteiger partial charge on any atom is -0.307 e. The van der Waals surface area contributed by atoms with Crippen LogP contribution in [0, 0.1) is 5.41 Å². The van der Waals surface area contributed by atoms with E-state index in [1.54, 1.807) is 0 Å². The Morgan fingerprint density at radius 3 is 2.04 bits per heavy atom. The van der Waals surface area contributed by atoms with Gasteiger partial charge in [-0.3, -0.25) is 4.79 Å². The maximum absolute atomic E-state index is 13.6. The third kappa shape index (κ3) is 4.31. The monoisotopic (exact) mass is 369 g/mol. The van der Waals surface area contributed by atoms with Gasteiger partial charge in [-0.1, -0.05) is 85.6 Å². The van der Waals surface area contributed by atoms with Gasteiger partial charge < -0.3 is 4.90 Å². The summed E-state index contributed by atoms with van der Waals surface area (Å²) in [6.45, 7) is 18.7. The summed E-state index contributed by atoms with van der Waals surface area (Å²) in [5, 5.41) is 0. The molecule has 0 spiro atoms. The normalized spacial score (nSPS) is 17.4. The van der Waals surface area contributed by atoms with E-state index in [1.165, 1.54) is 28.8 Å². The molecule has 1 amide bonds. The Morgan fingerprint density at radius 1 is 1.04 bits per heavy atom. The second-order valence-corrected chi connectivity index (χ2v) is 9.28. The summed E-state index contributed by atoms with van der Waals surface area (Å²) in [5.74, 6) is 1.02. The molecule has 0 bridgehead atoms. The molecule has 1 aromatic carbocycles. The van der Waals surface area contributed by atoms with Gasteiger partial charge in [0.25, 0.3) is 5.91 Å². The molecule has 2 heteroatoms. The van der Waals surface area contributed by atoms with Gasteiger partial charge in [-0.25, -0.2) is 0 Å². The van der Waals surface area contributed by atoms with Gasteiger partial charge in [0.2, 0.25) is 0 Å². The lowest BCUT2D eigenvalue weighted by Crippen LogP contribution is -2.47. The van der Waals surface area contributed by atoms with E-state index in [-0.39, 0.29) is 11.3 Å². The first-order chi connectivity index (χ1) is 12.7. The number of unbranched alkanes of at least 4 members (excludes halogenated alkanes) is 1. The first-order valence-corrected chi connectivity index (χ1v) is 10.8. The number of hydrogen-bond acceptors (Lipinski definition) is 1. The van der Waals surface area contributed by atoms with Crippen molar-refractivity contribution >= 4 is 11.6 Å². The fourth-order valence-corrected chi connectivity index (χ4v) is 4.47. The molecule has 0 aromatic heterocycles. The Balaban J connectivity index is 2.65. The van der Waals surface area contributed by atoms with Gasteiger partial charge >= 0.3 is 0 Å². The molecule has 150 valence electrons. The fraction of sp³-hybridized carbons (Fsp3) is 0.640. The zero-order chi connectivity index (χ0) is 20.4. The minimum atomic E-state index is 0.0206. The molecule has 0 unspecified atom stereocenters. The summed E-state index contributed by atoms with van der Waals surface area (Å²) in [4.78, 5) is 15.7. The maximum atomic E-state index is 13.6. The molecule has 1 aliphatic rings. The van der Waals surface area contributed by atoms with Crippen LogP contribution in [0.3, 0.4) is 0 Å². The van der Waals surface area contributed by atoms with Crippen LogP contribution in [0.2, 0.25) is 0 Å². The average molecular weight is 370 g/mol. The minimum absolute atomic E-state index is 0.0206. The second-order valence-electron chi connectivity index (χ2n) is 9.28. The molecule has 0 fully saturated rings. The number of benzene rings is 1. The zero-order valence-corrected chi connectivity index (χ0v) is 18.8. The molecule has 1 aromatic rings. The highest BCUT2D eigenvalue weighted by Gasteiger charge is 2.39. The van der Waals surface area contributed by atoms with Gasteiger partial charge in [0, 0.05) is 17.5 Å². The molecule has 0 saturated heterocycles. The van der Waals surface area contributed by atoms with Gasteiger partial charge in [-0.05, 0) is 42.2 Å². The third-order valence-corrected chi connectivity index (χ3v) is 5.98. The van der Waals surface area contributed by atoms with Crippen molar-refractivity contribution in [2.45, 2.75) is 92.9 Å². The summed E-state index contributed by atoms with van der Waals surface area (Å²) >= 11 is 0. The predicted molar refractivity (Wildman–Crippen MR) is 118 cm³/mol. The molecule has 1 heterocycles. The lowest BCUT2D eigenvalue weighted by molar-refractivity contribution is -0.116. The summed E-state index contributed by atoms with van der Waals surface area (Å²) in [7, 11) is 0. The number of anilines is 1. The number of nitrogens with zero attached hydrogens (tertiary/aromatic N) is 1. The zero-order valence-electron chi connectivity index (χ0n) is 18.8. The highest BCUT2D eigenvalue weighted by Crippen LogP contribution is 2.44. The quantitative estimate of drug-likeness (QED) is 0.497. The van der Waals surface area contributed by atoms with Crippen LogP contribution >= 0.6 is 0 Å². The molecule has 27 heavy (non-hydrogen) atoms. The van der Waals surface area contributed by atoms with Gasteiger partial charge in [0.1, 0.15) is 0 Å². The van der Waals surface area contributed by atoms with Crippen molar-refractivity contribution < 1.29 is 4.79 Å². The standard InChI is InChI=1S/C25H39NO/c1-9-11-15-22-19(10-2)24(27)26(16-25(22,7)8)23-20(17(3)4)13-12-14-21(23)18(5)6/h12-14,17-18H,9-11,15-16H2,1-8H3. The molecule has 2 nitrogen and oxygen atoms in total. The number of para-hydroxylation sites is 1. The van der Waals surface area contributed by atoms with Gasteiger partial charge in [0.05, 0.1) is 5.69 Å². The lowest BCUT2D eigenvalue weighted by atomic mass is 9.74. The van der Waals surface area contributed by atoms with Crippen LogP contribution in [0.4, 0.5) is 5.69 Å². The SMILES string of the molecule is CCCCC1=C(CC)C(=O)N(c2c(C(C)C)cccc2C(C)C)CC1(C)C. The smallest absolute Gasteiger partial charge is 0.254 e. The van der Waals surface area contributed by atoms with Crippen molar-refractivity contribution in [1.29, 1.82) is 0 Å². The van der Waals surface area contributed by atoms with Gasteiger partial charge in [-0.2, -0.15) is 0 Å². The van der Waals surface area contributed by atoms with Crippen LogP contribution in [-0.4, -0.2) is 12.5 Å². The van der Waals surface area contributed by atoms with E-state index in [4.69, 9.17) is 0 Å². The molecule has 0 radical (unpaired) electrons. The number of rotatable bonds is 7. The molecule has 1 aliphatic heterocycles. The van der Waals surface area contributed by atoms with Gasteiger partial charge in [-0.15, -0.1) is 0 Å². The lowest BCUT2D eigenvalue weighted by Gasteiger charge is -2.43. The van der Waals surface area contributed by atoms with Crippen molar-refractivity contribution in [1.82, 2.24) is 0 Å². The van der Waals surface area contributed by atoms with Crippen LogP contribution < -0.4 is 4.90 Å². The van der Waals surface area contributed by atoms with Gasteiger partial charge in [0.15, 0.2) is 0 Å². The Bertz CT molecular complexity index is 683. The van der Waals surface area contributed by atoms with E-state index >= 15 is 0 Å². The Kier molecular flexibility index (Phi) is 6.94. The van der Waals surface area contributed by atoms with E-state index in [2.05, 4.69) is 78.5 Å². The van der Waals surface area contributed by atoms with E-state index in [0.717, 1.165) is 31.4 Å². The number of carbonyl (C=O) groups excluding carboxylic acids is 1. The van der Waals surface area contributed by atoms with Crippen molar-refractivity contribution in [3.63, 3.8) is 0 Å². The second kappa shape index (κ2) is 8.63. The Labute approximate surface area is 167 Å². The molecular weight excluding hydrogens is 330 g/mol. The van der Waals surface area contributed by atoms with Crippen LogP contribution in [0.15, 0.2) is 29.3 Å². The number of amides is 1. The fourth-order valence-electron chi connectivity index (χ4n) is 4.47. The molecular formula is C25H39NO. The molecule has 0 atom stereocenters. The largest absolute Gasteiger partial charge is 0.307 e. The summed E-state index contributed by atoms with van der Waals surface area (Å²) in [6, 6.07) is 6.55. The molecule has 0 N–H and O–H groups in total. The molecule has 0 saturated carbocycles. The highest BCUT2D eigenvalue weighted by molar-refractivity contribution is 6.08. The van der Waals surface area contributed by atoms with Crippen molar-refractivity contribution in [2.75, 3.05) is 11.4 Å². The highest BCUT2D eigenvalue weighted by atomic mass is 16.2. The number of hydrogen-bond donors (Lipinski definition) is 0. The average Bonchev–Trinajstić information content (AvgIpc) is 2.61. The maximum Gasteiger partial charge on any atom is 0.254 e. The van der Waals surface area contributed by atoms with Crippen LogP contribution in [0.1, 0.15) is 104 Å². The van der Waals surface area contributed by atoms with Crippen molar-refractivity contribution in [3.8, 4) is 0 Å². The van der Waals surface area contributed by atoms with Crippen LogP contribution in [0.5, 0.6) is 0 Å². The Hall–Kier alpha value is -1.57. The summed E-state index contributed by atoms with van der Waals surface area (Å²) in [5.41, 5.74) is 6.21. The molecule has 0 aliphatic carbocycles. The predicted octanol–water partition coefficient (Wildman–Crippen LogP) is 7.20. The van der Waals surface area contributed by atoms with Crippen molar-refractivity contribution in [2.24, 2.45) is 5.41 Å². The molecule has 2 rings (SSSR count). The topological polar surface area (TPSA) is 20.3 Å². The van der Waals surface area contributed by atoms with E-state index in [0.29, 0.717) is 11.8 Å². The summed E-state index contributed by atoms with van der Waals surface area (Å²) < 4.78 is 0. The summed E-state index contributed by atoms with van der Waals surface area (Å²) in [6.07, 6.45) is 4.20. The number of carbonyl (C=O) groups is 1. The van der Waals surface area contributed by atoms with Crippen molar-refractivity contribution in [3.05, 3.63) is 40.5 Å². The van der Waals surface area contributed by atoms with Crippen LogP contribution in [-0.2, 0) is 4.79 Å².